The molecule has 0 radical (unpaired) electrons. The van der Waals surface area contributed by atoms with Gasteiger partial charge in [0.1, 0.15) is 0 Å². The number of rotatable bonds is 3. The molecule has 1 aromatic carbocycles. The van der Waals surface area contributed by atoms with E-state index < -0.39 is 0 Å². The Hall–Kier alpha value is -2.04. The van der Waals surface area contributed by atoms with Crippen molar-refractivity contribution in [2.75, 3.05) is 30.4 Å². The monoisotopic (exact) mass is 258 g/mol. The molecule has 0 bridgehead atoms. The quantitative estimate of drug-likeness (QED) is 0.917. The summed E-state index contributed by atoms with van der Waals surface area (Å²) < 4.78 is 5.40. The second-order valence-corrected chi connectivity index (χ2v) is 4.74. The van der Waals surface area contributed by atoms with Crippen molar-refractivity contribution in [2.45, 2.75) is 19.3 Å². The van der Waals surface area contributed by atoms with E-state index in [-0.39, 0.29) is 0 Å². The molecule has 19 heavy (non-hydrogen) atoms. The zero-order valence-corrected chi connectivity index (χ0v) is 11.1. The average molecular weight is 258 g/mol. The van der Waals surface area contributed by atoms with E-state index in [0.717, 1.165) is 24.3 Å². The zero-order chi connectivity index (χ0) is 13.1. The Labute approximate surface area is 112 Å². The van der Waals surface area contributed by atoms with Gasteiger partial charge in [-0.1, -0.05) is 12.1 Å². The summed E-state index contributed by atoms with van der Waals surface area (Å²) in [5.74, 6) is 1.28. The number of anilines is 2. The summed E-state index contributed by atoms with van der Waals surface area (Å²) in [5.41, 5.74) is 1.94. The fourth-order valence-electron chi connectivity index (χ4n) is 2.44. The van der Waals surface area contributed by atoms with E-state index in [9.17, 15) is 0 Å². The molecule has 5 heteroatoms. The number of hydrogen-bond acceptors (Lipinski definition) is 5. The zero-order valence-electron chi connectivity index (χ0n) is 11.1. The Bertz CT molecular complexity index is 546. The molecule has 1 aliphatic heterocycles. The molecule has 0 saturated carbocycles. The third kappa shape index (κ3) is 2.41. The van der Waals surface area contributed by atoms with Crippen molar-refractivity contribution in [3.05, 3.63) is 24.3 Å². The number of aromatic nitrogens is 2. The molecule has 2 heterocycles. The van der Waals surface area contributed by atoms with Crippen molar-refractivity contribution in [3.8, 4) is 11.5 Å². The SMILES string of the molecule is CNc1ccccc1-c1nc(N2CCCCC2)no1. The summed E-state index contributed by atoms with van der Waals surface area (Å²) >= 11 is 0. The van der Waals surface area contributed by atoms with Gasteiger partial charge < -0.3 is 14.7 Å². The van der Waals surface area contributed by atoms with Crippen LogP contribution in [-0.2, 0) is 0 Å². The summed E-state index contributed by atoms with van der Waals surface area (Å²) in [5, 5.41) is 7.25. The van der Waals surface area contributed by atoms with Gasteiger partial charge in [-0.25, -0.2) is 0 Å². The van der Waals surface area contributed by atoms with E-state index in [0.29, 0.717) is 11.8 Å². The largest absolute Gasteiger partial charge is 0.387 e. The molecule has 100 valence electrons. The lowest BCUT2D eigenvalue weighted by Gasteiger charge is -2.24. The second-order valence-electron chi connectivity index (χ2n) is 4.74. The van der Waals surface area contributed by atoms with E-state index in [4.69, 9.17) is 4.52 Å². The highest BCUT2D eigenvalue weighted by Gasteiger charge is 2.18. The fraction of sp³-hybridized carbons (Fsp3) is 0.429. The van der Waals surface area contributed by atoms with Crippen molar-refractivity contribution in [1.29, 1.82) is 0 Å². The van der Waals surface area contributed by atoms with Gasteiger partial charge >= 0.3 is 0 Å². The van der Waals surface area contributed by atoms with Gasteiger partial charge in [0.2, 0.25) is 0 Å². The molecule has 0 spiro atoms. The topological polar surface area (TPSA) is 54.2 Å². The molecule has 0 aliphatic carbocycles. The maximum Gasteiger partial charge on any atom is 0.266 e. The van der Waals surface area contributed by atoms with Crippen LogP contribution in [0, 0.1) is 0 Å². The molecular weight excluding hydrogens is 240 g/mol. The first-order valence-electron chi connectivity index (χ1n) is 6.74. The van der Waals surface area contributed by atoms with Crippen molar-refractivity contribution in [3.63, 3.8) is 0 Å². The Kier molecular flexibility index (Phi) is 3.35. The van der Waals surface area contributed by atoms with Gasteiger partial charge in [0.05, 0.1) is 5.56 Å². The maximum atomic E-state index is 5.40. The number of nitrogens with one attached hydrogen (secondary N) is 1. The Morgan fingerprint density at radius 1 is 1.16 bits per heavy atom. The summed E-state index contributed by atoms with van der Waals surface area (Å²) in [6.07, 6.45) is 3.71. The summed E-state index contributed by atoms with van der Waals surface area (Å²) in [6, 6.07) is 7.94. The van der Waals surface area contributed by atoms with Gasteiger partial charge in [0.15, 0.2) is 0 Å². The van der Waals surface area contributed by atoms with Crippen LogP contribution in [0.25, 0.3) is 11.5 Å². The molecule has 0 atom stereocenters. The van der Waals surface area contributed by atoms with E-state index in [2.05, 4.69) is 20.4 Å². The summed E-state index contributed by atoms with van der Waals surface area (Å²) in [7, 11) is 1.89. The lowest BCUT2D eigenvalue weighted by atomic mass is 10.1. The lowest BCUT2D eigenvalue weighted by molar-refractivity contribution is 0.426. The number of para-hydroxylation sites is 1. The minimum Gasteiger partial charge on any atom is -0.387 e. The second kappa shape index (κ2) is 5.30. The molecule has 3 rings (SSSR count). The number of piperidine rings is 1. The van der Waals surface area contributed by atoms with Gasteiger partial charge in [0, 0.05) is 25.8 Å². The van der Waals surface area contributed by atoms with Crippen LogP contribution in [0.3, 0.4) is 0 Å². The third-order valence-electron chi connectivity index (χ3n) is 3.48. The highest BCUT2D eigenvalue weighted by atomic mass is 16.5. The van der Waals surface area contributed by atoms with Gasteiger partial charge in [0.25, 0.3) is 11.8 Å². The normalized spacial score (nSPS) is 15.5. The fourth-order valence-corrected chi connectivity index (χ4v) is 2.44. The van der Waals surface area contributed by atoms with E-state index in [1.165, 1.54) is 19.3 Å². The van der Waals surface area contributed by atoms with Crippen LogP contribution < -0.4 is 10.2 Å². The molecule has 1 saturated heterocycles. The van der Waals surface area contributed by atoms with Crippen LogP contribution in [0.5, 0.6) is 0 Å². The summed E-state index contributed by atoms with van der Waals surface area (Å²) in [6.45, 7) is 2.04. The molecule has 2 aromatic rings. The third-order valence-corrected chi connectivity index (χ3v) is 3.48. The van der Waals surface area contributed by atoms with Crippen LogP contribution in [-0.4, -0.2) is 30.3 Å². The van der Waals surface area contributed by atoms with E-state index >= 15 is 0 Å². The minimum absolute atomic E-state index is 0.575. The van der Waals surface area contributed by atoms with Crippen LogP contribution in [0.1, 0.15) is 19.3 Å². The predicted molar refractivity (Wildman–Crippen MR) is 75.3 cm³/mol. The van der Waals surface area contributed by atoms with Gasteiger partial charge in [-0.3, -0.25) is 0 Å². The van der Waals surface area contributed by atoms with E-state index in [1.54, 1.807) is 0 Å². The van der Waals surface area contributed by atoms with Crippen molar-refractivity contribution in [2.24, 2.45) is 0 Å². The number of hydrogen-bond donors (Lipinski definition) is 1. The molecule has 5 nitrogen and oxygen atoms in total. The Morgan fingerprint density at radius 3 is 2.74 bits per heavy atom. The van der Waals surface area contributed by atoms with Gasteiger partial charge in [-0.15, -0.1) is 0 Å². The Morgan fingerprint density at radius 2 is 1.95 bits per heavy atom. The molecule has 0 amide bonds. The van der Waals surface area contributed by atoms with Crippen molar-refractivity contribution < 1.29 is 4.52 Å². The number of nitrogens with zero attached hydrogens (tertiary/aromatic N) is 3. The highest BCUT2D eigenvalue weighted by Crippen LogP contribution is 2.28. The molecular formula is C14H18N4O. The standard InChI is InChI=1S/C14H18N4O/c1-15-12-8-4-3-7-11(12)13-16-14(17-19-13)18-9-5-2-6-10-18/h3-4,7-8,15H,2,5-6,9-10H2,1H3. The first kappa shape index (κ1) is 12.0. The predicted octanol–water partition coefficient (Wildman–Crippen LogP) is 2.77. The molecule has 1 aliphatic rings. The lowest BCUT2D eigenvalue weighted by Crippen LogP contribution is -2.30. The smallest absolute Gasteiger partial charge is 0.266 e. The first-order chi connectivity index (χ1) is 9.38. The molecule has 0 unspecified atom stereocenters. The maximum absolute atomic E-state index is 5.40. The first-order valence-corrected chi connectivity index (χ1v) is 6.74. The Balaban J connectivity index is 1.88. The molecule has 1 fully saturated rings. The highest BCUT2D eigenvalue weighted by molar-refractivity contribution is 5.72. The summed E-state index contributed by atoms with van der Waals surface area (Å²) in [4.78, 5) is 6.71. The number of benzene rings is 1. The van der Waals surface area contributed by atoms with Crippen molar-refractivity contribution in [1.82, 2.24) is 10.1 Å². The van der Waals surface area contributed by atoms with E-state index in [1.807, 2.05) is 31.3 Å². The van der Waals surface area contributed by atoms with Crippen LogP contribution in [0.2, 0.25) is 0 Å². The van der Waals surface area contributed by atoms with Crippen LogP contribution in [0.4, 0.5) is 11.6 Å². The van der Waals surface area contributed by atoms with Gasteiger partial charge in [-0.2, -0.15) is 4.98 Å². The van der Waals surface area contributed by atoms with Crippen LogP contribution >= 0.6 is 0 Å². The minimum atomic E-state index is 0.575. The average Bonchev–Trinajstić information content (AvgIpc) is 2.98. The van der Waals surface area contributed by atoms with Gasteiger partial charge in [-0.05, 0) is 36.6 Å². The molecule has 1 N–H and O–H groups in total. The van der Waals surface area contributed by atoms with Crippen LogP contribution in [0.15, 0.2) is 28.8 Å². The van der Waals surface area contributed by atoms with Crippen molar-refractivity contribution >= 4 is 11.6 Å². The molecule has 1 aromatic heterocycles.